The van der Waals surface area contributed by atoms with E-state index in [9.17, 15) is 4.39 Å². The van der Waals surface area contributed by atoms with Crippen LogP contribution in [0.1, 0.15) is 5.56 Å². The molecule has 0 aromatic heterocycles. The van der Waals surface area contributed by atoms with E-state index in [0.717, 1.165) is 0 Å². The Kier molecular flexibility index (Phi) is 2.60. The lowest BCUT2D eigenvalue weighted by Crippen LogP contribution is -2.17. The van der Waals surface area contributed by atoms with E-state index in [4.69, 9.17) is 15.2 Å². The van der Waals surface area contributed by atoms with Crippen molar-refractivity contribution in [2.45, 2.75) is 6.54 Å². The first-order chi connectivity index (χ1) is 6.74. The molecule has 3 nitrogen and oxygen atoms in total. The molecule has 5 heteroatoms. The van der Waals surface area contributed by atoms with E-state index in [1.807, 2.05) is 0 Å². The van der Waals surface area contributed by atoms with Crippen LogP contribution in [0.15, 0.2) is 10.5 Å². The van der Waals surface area contributed by atoms with Gasteiger partial charge in [0.2, 0.25) is 0 Å². The van der Waals surface area contributed by atoms with Gasteiger partial charge in [0, 0.05) is 16.6 Å². The summed E-state index contributed by atoms with van der Waals surface area (Å²) in [6.07, 6.45) is 0. The van der Waals surface area contributed by atoms with Gasteiger partial charge in [0.05, 0.1) is 0 Å². The molecule has 0 aliphatic carbocycles. The largest absolute Gasteiger partial charge is 0.486 e. The number of ether oxygens (including phenoxy) is 2. The van der Waals surface area contributed by atoms with Crippen molar-refractivity contribution in [1.82, 2.24) is 0 Å². The highest BCUT2D eigenvalue weighted by Gasteiger charge is 2.21. The summed E-state index contributed by atoms with van der Waals surface area (Å²) in [5, 5.41) is 0. The summed E-state index contributed by atoms with van der Waals surface area (Å²) in [5.41, 5.74) is 5.83. The molecule has 0 amide bonds. The zero-order valence-electron chi connectivity index (χ0n) is 7.35. The lowest BCUT2D eigenvalue weighted by Gasteiger charge is -2.20. The molecule has 1 aromatic rings. The number of rotatable bonds is 1. The van der Waals surface area contributed by atoms with Gasteiger partial charge < -0.3 is 15.2 Å². The number of hydrogen-bond donors (Lipinski definition) is 1. The minimum absolute atomic E-state index is 0.128. The molecule has 2 N–H and O–H groups in total. The van der Waals surface area contributed by atoms with Crippen LogP contribution in [0.25, 0.3) is 0 Å². The zero-order chi connectivity index (χ0) is 10.1. The van der Waals surface area contributed by atoms with Crippen molar-refractivity contribution >= 4 is 15.9 Å². The molecule has 0 radical (unpaired) electrons. The minimum atomic E-state index is -0.434. The maximum atomic E-state index is 13.7. The first kappa shape index (κ1) is 9.73. The second-order valence-corrected chi connectivity index (χ2v) is 3.73. The van der Waals surface area contributed by atoms with Crippen LogP contribution in [-0.4, -0.2) is 13.2 Å². The Morgan fingerprint density at radius 3 is 2.86 bits per heavy atom. The highest BCUT2D eigenvalue weighted by molar-refractivity contribution is 9.10. The van der Waals surface area contributed by atoms with Gasteiger partial charge in [0.1, 0.15) is 13.2 Å². The first-order valence-electron chi connectivity index (χ1n) is 4.20. The third-order valence-corrected chi connectivity index (χ3v) is 2.73. The van der Waals surface area contributed by atoms with E-state index in [-0.39, 0.29) is 12.3 Å². The van der Waals surface area contributed by atoms with Gasteiger partial charge in [-0.25, -0.2) is 4.39 Å². The van der Waals surface area contributed by atoms with Gasteiger partial charge in [-0.05, 0) is 6.07 Å². The summed E-state index contributed by atoms with van der Waals surface area (Å²) in [5.74, 6) is 0.161. The summed E-state index contributed by atoms with van der Waals surface area (Å²) in [6, 6.07) is 1.68. The molecular formula is C9H9BrFNO2. The molecule has 0 atom stereocenters. The van der Waals surface area contributed by atoms with Gasteiger partial charge in [-0.1, -0.05) is 15.9 Å². The van der Waals surface area contributed by atoms with Crippen LogP contribution in [-0.2, 0) is 6.54 Å². The van der Waals surface area contributed by atoms with Crippen LogP contribution in [0.3, 0.4) is 0 Å². The van der Waals surface area contributed by atoms with Crippen molar-refractivity contribution in [1.29, 1.82) is 0 Å². The van der Waals surface area contributed by atoms with Crippen molar-refractivity contribution in [2.75, 3.05) is 13.2 Å². The first-order valence-corrected chi connectivity index (χ1v) is 5.00. The monoisotopic (exact) mass is 261 g/mol. The summed E-state index contributed by atoms with van der Waals surface area (Å²) < 4.78 is 24.7. The van der Waals surface area contributed by atoms with E-state index in [1.165, 1.54) is 0 Å². The van der Waals surface area contributed by atoms with Crippen molar-refractivity contribution < 1.29 is 13.9 Å². The highest BCUT2D eigenvalue weighted by Crippen LogP contribution is 2.38. The van der Waals surface area contributed by atoms with Crippen LogP contribution < -0.4 is 15.2 Å². The van der Waals surface area contributed by atoms with Crippen LogP contribution in [0.2, 0.25) is 0 Å². The van der Waals surface area contributed by atoms with E-state index in [0.29, 0.717) is 29.0 Å². The molecule has 1 aliphatic rings. The van der Waals surface area contributed by atoms with Gasteiger partial charge in [0.25, 0.3) is 0 Å². The fourth-order valence-corrected chi connectivity index (χ4v) is 1.89. The molecule has 1 aromatic carbocycles. The minimum Gasteiger partial charge on any atom is -0.486 e. The summed E-state index contributed by atoms with van der Waals surface area (Å²) >= 11 is 3.23. The second kappa shape index (κ2) is 3.74. The third-order valence-electron chi connectivity index (χ3n) is 2.03. The molecule has 0 saturated carbocycles. The fourth-order valence-electron chi connectivity index (χ4n) is 1.34. The number of halogens is 2. The molecule has 1 heterocycles. The van der Waals surface area contributed by atoms with Gasteiger partial charge in [-0.2, -0.15) is 0 Å². The van der Waals surface area contributed by atoms with E-state index in [2.05, 4.69) is 15.9 Å². The molecule has 0 unspecified atom stereocenters. The van der Waals surface area contributed by atoms with Crippen LogP contribution in [0.4, 0.5) is 4.39 Å². The van der Waals surface area contributed by atoms with Crippen LogP contribution in [0, 0.1) is 5.82 Å². The van der Waals surface area contributed by atoms with E-state index < -0.39 is 5.82 Å². The molecule has 0 bridgehead atoms. The Bertz CT molecular complexity index is 370. The number of benzene rings is 1. The predicted octanol–water partition coefficient (Wildman–Crippen LogP) is 1.82. The average Bonchev–Trinajstić information content (AvgIpc) is 2.18. The van der Waals surface area contributed by atoms with Crippen molar-refractivity contribution in [3.05, 3.63) is 21.9 Å². The SMILES string of the molecule is NCc1c(Br)cc2c(c1F)OCCO2. The number of nitrogens with two attached hydrogens (primary N) is 1. The van der Waals surface area contributed by atoms with Crippen LogP contribution >= 0.6 is 15.9 Å². The van der Waals surface area contributed by atoms with E-state index >= 15 is 0 Å². The Morgan fingerprint density at radius 1 is 1.43 bits per heavy atom. The third kappa shape index (κ3) is 1.46. The molecule has 0 spiro atoms. The van der Waals surface area contributed by atoms with Gasteiger partial charge >= 0.3 is 0 Å². The summed E-state index contributed by atoms with van der Waals surface area (Å²) in [7, 11) is 0. The zero-order valence-corrected chi connectivity index (χ0v) is 8.93. The van der Waals surface area contributed by atoms with Gasteiger partial charge in [0.15, 0.2) is 17.3 Å². The Hall–Kier alpha value is -0.810. The second-order valence-electron chi connectivity index (χ2n) is 2.88. The molecule has 2 rings (SSSR count). The van der Waals surface area contributed by atoms with Gasteiger partial charge in [-0.15, -0.1) is 0 Å². The highest BCUT2D eigenvalue weighted by atomic mass is 79.9. The van der Waals surface area contributed by atoms with Gasteiger partial charge in [-0.3, -0.25) is 0 Å². The van der Waals surface area contributed by atoms with Crippen LogP contribution in [0.5, 0.6) is 11.5 Å². The van der Waals surface area contributed by atoms with Crippen molar-refractivity contribution in [2.24, 2.45) is 5.73 Å². The van der Waals surface area contributed by atoms with E-state index in [1.54, 1.807) is 6.07 Å². The molecule has 14 heavy (non-hydrogen) atoms. The fraction of sp³-hybridized carbons (Fsp3) is 0.333. The van der Waals surface area contributed by atoms with Crippen molar-refractivity contribution in [3.63, 3.8) is 0 Å². The lowest BCUT2D eigenvalue weighted by atomic mass is 10.2. The lowest BCUT2D eigenvalue weighted by molar-refractivity contribution is 0.163. The maximum Gasteiger partial charge on any atom is 0.197 e. The predicted molar refractivity (Wildman–Crippen MR) is 53.0 cm³/mol. The van der Waals surface area contributed by atoms with Crippen molar-refractivity contribution in [3.8, 4) is 11.5 Å². The molecule has 1 aliphatic heterocycles. The molecule has 76 valence electrons. The topological polar surface area (TPSA) is 44.5 Å². The molecular weight excluding hydrogens is 253 g/mol. The Balaban J connectivity index is 2.57. The normalized spacial score (nSPS) is 14.2. The number of fused-ring (bicyclic) bond motifs is 1. The number of hydrogen-bond acceptors (Lipinski definition) is 3. The smallest absolute Gasteiger partial charge is 0.197 e. The molecule has 0 saturated heterocycles. The summed E-state index contributed by atoms with van der Waals surface area (Å²) in [6.45, 7) is 0.944. The average molecular weight is 262 g/mol. The quantitative estimate of drug-likeness (QED) is 0.839. The Morgan fingerprint density at radius 2 is 2.14 bits per heavy atom. The maximum absolute atomic E-state index is 13.7. The molecule has 0 fully saturated rings. The standard InChI is InChI=1S/C9H9BrFNO2/c10-6-3-7-9(14-2-1-13-7)8(11)5(6)4-12/h3H,1-2,4,12H2. The summed E-state index contributed by atoms with van der Waals surface area (Å²) in [4.78, 5) is 0. The Labute approximate surface area is 89.1 Å².